The number of anilines is 1. The van der Waals surface area contributed by atoms with E-state index in [9.17, 15) is 4.79 Å². The molecule has 0 saturated carbocycles. The van der Waals surface area contributed by atoms with Crippen molar-refractivity contribution in [1.29, 1.82) is 0 Å². The first kappa shape index (κ1) is 14.9. The van der Waals surface area contributed by atoms with Crippen LogP contribution in [0.25, 0.3) is 0 Å². The van der Waals surface area contributed by atoms with Crippen LogP contribution in [-0.4, -0.2) is 31.8 Å². The largest absolute Gasteiger partial charge is 0.300 e. The summed E-state index contributed by atoms with van der Waals surface area (Å²) >= 11 is 2.70. The molecule has 0 saturated heterocycles. The summed E-state index contributed by atoms with van der Waals surface area (Å²) in [6.45, 7) is 4.24. The number of carbonyl (C=O) groups excluding carboxylic acids is 1. The Hall–Kier alpha value is -1.54. The first-order valence-corrected chi connectivity index (χ1v) is 7.95. The van der Waals surface area contributed by atoms with E-state index in [1.165, 1.54) is 23.1 Å². The molecule has 2 aromatic rings. The molecule has 0 aliphatic carbocycles. The highest BCUT2D eigenvalue weighted by atomic mass is 32.2. The average Bonchev–Trinajstić information content (AvgIpc) is 2.84. The second-order valence-corrected chi connectivity index (χ2v) is 6.47. The summed E-state index contributed by atoms with van der Waals surface area (Å²) in [5, 5.41) is 12.8. The van der Waals surface area contributed by atoms with E-state index in [0.29, 0.717) is 16.2 Å². The minimum absolute atomic E-state index is 0.130. The number of nitrogens with one attached hydrogen (secondary N) is 1. The lowest BCUT2D eigenvalue weighted by Gasteiger charge is -2.00. The van der Waals surface area contributed by atoms with Crippen molar-refractivity contribution in [2.75, 3.05) is 11.1 Å². The predicted molar refractivity (Wildman–Crippen MR) is 79.8 cm³/mol. The van der Waals surface area contributed by atoms with E-state index in [1.807, 2.05) is 0 Å². The summed E-state index contributed by atoms with van der Waals surface area (Å²) in [6, 6.07) is 1.74. The third-order valence-electron chi connectivity index (χ3n) is 2.17. The third kappa shape index (κ3) is 4.86. The van der Waals surface area contributed by atoms with Crippen LogP contribution < -0.4 is 5.32 Å². The fourth-order valence-corrected chi connectivity index (χ4v) is 2.95. The zero-order valence-corrected chi connectivity index (χ0v) is 12.9. The van der Waals surface area contributed by atoms with Crippen molar-refractivity contribution in [2.45, 2.75) is 25.4 Å². The number of nitrogens with zero attached hydrogens (tertiary/aromatic N) is 4. The van der Waals surface area contributed by atoms with Gasteiger partial charge in [0.1, 0.15) is 5.01 Å². The van der Waals surface area contributed by atoms with Crippen LogP contribution in [0.15, 0.2) is 23.6 Å². The Morgan fingerprint density at radius 2 is 2.10 bits per heavy atom. The molecule has 2 rings (SSSR count). The molecule has 2 heterocycles. The number of carbonyl (C=O) groups is 1. The highest BCUT2D eigenvalue weighted by Gasteiger charge is 2.10. The molecule has 0 fully saturated rings. The number of rotatable bonds is 6. The van der Waals surface area contributed by atoms with Crippen LogP contribution in [0.1, 0.15) is 18.9 Å². The summed E-state index contributed by atoms with van der Waals surface area (Å²) in [4.78, 5) is 19.9. The molecular formula is C12H15N5OS2. The monoisotopic (exact) mass is 309 g/mol. The topological polar surface area (TPSA) is 80.7 Å². The van der Waals surface area contributed by atoms with Crippen molar-refractivity contribution in [1.82, 2.24) is 20.2 Å². The first-order chi connectivity index (χ1) is 9.63. The second-order valence-electron chi connectivity index (χ2n) is 4.47. The Morgan fingerprint density at radius 3 is 2.80 bits per heavy atom. The minimum atomic E-state index is -0.130. The van der Waals surface area contributed by atoms with Crippen LogP contribution >= 0.6 is 23.1 Å². The molecule has 0 aliphatic rings. The van der Waals surface area contributed by atoms with Crippen molar-refractivity contribution in [2.24, 2.45) is 5.92 Å². The minimum Gasteiger partial charge on any atom is -0.300 e. The summed E-state index contributed by atoms with van der Waals surface area (Å²) in [6.07, 6.45) is 4.17. The standard InChI is InChI=1S/C12H15N5OS2/c1-8(2)6-10-16-17-12(20-10)15-9(18)7-19-11-13-4-3-5-14-11/h3-5,8H,6-7H2,1-2H3,(H,15,17,18). The van der Waals surface area contributed by atoms with Crippen LogP contribution in [0.2, 0.25) is 0 Å². The Kier molecular flexibility index (Phi) is 5.42. The average molecular weight is 309 g/mol. The molecule has 0 atom stereocenters. The van der Waals surface area contributed by atoms with Crippen LogP contribution in [0, 0.1) is 5.92 Å². The maximum Gasteiger partial charge on any atom is 0.236 e. The highest BCUT2D eigenvalue weighted by molar-refractivity contribution is 7.99. The van der Waals surface area contributed by atoms with Crippen LogP contribution in [0.3, 0.4) is 0 Å². The quantitative estimate of drug-likeness (QED) is 0.651. The number of thioether (sulfide) groups is 1. The van der Waals surface area contributed by atoms with Crippen molar-refractivity contribution in [3.05, 3.63) is 23.5 Å². The Balaban J connectivity index is 1.81. The van der Waals surface area contributed by atoms with E-state index in [2.05, 4.69) is 39.3 Å². The molecule has 0 aliphatic heterocycles. The Morgan fingerprint density at radius 1 is 1.35 bits per heavy atom. The van der Waals surface area contributed by atoms with Crippen LogP contribution in [0.4, 0.5) is 5.13 Å². The lowest BCUT2D eigenvalue weighted by atomic mass is 10.1. The molecule has 0 radical (unpaired) electrons. The number of aromatic nitrogens is 4. The molecule has 0 bridgehead atoms. The number of hydrogen-bond donors (Lipinski definition) is 1. The van der Waals surface area contributed by atoms with Gasteiger partial charge in [0.15, 0.2) is 5.16 Å². The number of hydrogen-bond acceptors (Lipinski definition) is 7. The zero-order valence-electron chi connectivity index (χ0n) is 11.2. The van der Waals surface area contributed by atoms with E-state index in [-0.39, 0.29) is 11.7 Å². The fourth-order valence-electron chi connectivity index (χ4n) is 1.38. The molecule has 106 valence electrons. The van der Waals surface area contributed by atoms with Crippen LogP contribution in [0.5, 0.6) is 0 Å². The molecule has 0 aromatic carbocycles. The predicted octanol–water partition coefficient (Wildman–Crippen LogP) is 2.26. The molecule has 8 heteroatoms. The van der Waals surface area contributed by atoms with Crippen molar-refractivity contribution in [3.63, 3.8) is 0 Å². The van der Waals surface area contributed by atoms with Gasteiger partial charge in [-0.1, -0.05) is 36.9 Å². The van der Waals surface area contributed by atoms with Gasteiger partial charge in [0.25, 0.3) is 0 Å². The van der Waals surface area contributed by atoms with Gasteiger partial charge in [-0.2, -0.15) is 0 Å². The van der Waals surface area contributed by atoms with Gasteiger partial charge in [0.2, 0.25) is 11.0 Å². The van der Waals surface area contributed by atoms with E-state index in [4.69, 9.17) is 0 Å². The zero-order chi connectivity index (χ0) is 14.4. The Bertz CT molecular complexity index is 558. The molecule has 0 unspecified atom stereocenters. The normalized spacial score (nSPS) is 10.8. The van der Waals surface area contributed by atoms with Crippen LogP contribution in [-0.2, 0) is 11.2 Å². The van der Waals surface area contributed by atoms with Crippen molar-refractivity contribution in [3.8, 4) is 0 Å². The van der Waals surface area contributed by atoms with Crippen molar-refractivity contribution < 1.29 is 4.79 Å². The third-order valence-corrected chi connectivity index (χ3v) is 3.91. The summed E-state index contributed by atoms with van der Waals surface area (Å²) in [5.74, 6) is 0.648. The van der Waals surface area contributed by atoms with Gasteiger partial charge in [-0.3, -0.25) is 10.1 Å². The van der Waals surface area contributed by atoms with Gasteiger partial charge in [-0.05, 0) is 12.0 Å². The summed E-state index contributed by atoms with van der Waals surface area (Å²) < 4.78 is 0. The molecule has 1 N–H and O–H groups in total. The van der Waals surface area contributed by atoms with E-state index in [0.717, 1.165) is 11.4 Å². The lowest BCUT2D eigenvalue weighted by molar-refractivity contribution is -0.113. The Labute approximate surface area is 125 Å². The van der Waals surface area contributed by atoms with Gasteiger partial charge < -0.3 is 0 Å². The van der Waals surface area contributed by atoms with Gasteiger partial charge in [-0.15, -0.1) is 10.2 Å². The van der Waals surface area contributed by atoms with Gasteiger partial charge in [0, 0.05) is 18.8 Å². The second kappa shape index (κ2) is 7.30. The number of amides is 1. The van der Waals surface area contributed by atoms with Gasteiger partial charge >= 0.3 is 0 Å². The highest BCUT2D eigenvalue weighted by Crippen LogP contribution is 2.19. The first-order valence-electron chi connectivity index (χ1n) is 6.15. The summed E-state index contributed by atoms with van der Waals surface area (Å²) in [7, 11) is 0. The lowest BCUT2D eigenvalue weighted by Crippen LogP contribution is -2.14. The van der Waals surface area contributed by atoms with Crippen molar-refractivity contribution >= 4 is 34.1 Å². The summed E-state index contributed by atoms with van der Waals surface area (Å²) in [5.41, 5.74) is 0. The van der Waals surface area contributed by atoms with E-state index >= 15 is 0 Å². The molecule has 2 aromatic heterocycles. The molecule has 20 heavy (non-hydrogen) atoms. The maximum atomic E-state index is 11.8. The smallest absolute Gasteiger partial charge is 0.236 e. The van der Waals surface area contributed by atoms with Gasteiger partial charge in [0.05, 0.1) is 5.75 Å². The fraction of sp³-hybridized carbons (Fsp3) is 0.417. The van der Waals surface area contributed by atoms with E-state index in [1.54, 1.807) is 18.5 Å². The maximum absolute atomic E-state index is 11.8. The van der Waals surface area contributed by atoms with Gasteiger partial charge in [-0.25, -0.2) is 9.97 Å². The molecule has 6 nitrogen and oxygen atoms in total. The van der Waals surface area contributed by atoms with E-state index < -0.39 is 0 Å². The SMILES string of the molecule is CC(C)Cc1nnc(NC(=O)CSc2ncccn2)s1. The molecule has 0 spiro atoms. The molecular weight excluding hydrogens is 294 g/mol. The molecule has 1 amide bonds.